The van der Waals surface area contributed by atoms with Crippen molar-refractivity contribution in [3.05, 3.63) is 27.9 Å². The van der Waals surface area contributed by atoms with Gasteiger partial charge in [0.05, 0.1) is 7.11 Å². The van der Waals surface area contributed by atoms with E-state index in [0.29, 0.717) is 0 Å². The summed E-state index contributed by atoms with van der Waals surface area (Å²) in [7, 11) is 1.65. The Morgan fingerprint density at radius 2 is 2.06 bits per heavy atom. The zero-order valence-corrected chi connectivity index (χ0v) is 12.7. The summed E-state index contributed by atoms with van der Waals surface area (Å²) >= 11 is 3.64. The molecule has 1 heterocycles. The van der Waals surface area contributed by atoms with Gasteiger partial charge in [-0.3, -0.25) is 0 Å². The van der Waals surface area contributed by atoms with Crippen LogP contribution in [0.4, 0.5) is 0 Å². The first-order valence-electron chi connectivity index (χ1n) is 5.86. The summed E-state index contributed by atoms with van der Waals surface area (Å²) in [5, 5.41) is 1.03. The Kier molecular flexibility index (Phi) is 3.43. The van der Waals surface area contributed by atoms with Crippen molar-refractivity contribution in [1.29, 1.82) is 0 Å². The fourth-order valence-electron chi connectivity index (χ4n) is 2.09. The summed E-state index contributed by atoms with van der Waals surface area (Å²) in [5.74, 6) is 1.62. The highest BCUT2D eigenvalue weighted by atomic mass is 79.9. The maximum Gasteiger partial charge on any atom is 0.177 e. The van der Waals surface area contributed by atoms with Gasteiger partial charge in [-0.25, -0.2) is 0 Å². The number of hydrogen-bond donors (Lipinski definition) is 1. The molecule has 0 amide bonds. The first-order chi connectivity index (χ1) is 8.31. The fourth-order valence-corrected chi connectivity index (χ4v) is 2.64. The molecule has 0 saturated carbocycles. The van der Waals surface area contributed by atoms with Gasteiger partial charge in [-0.15, -0.1) is 0 Å². The second-order valence-corrected chi connectivity index (χ2v) is 6.11. The largest absolute Gasteiger partial charge is 0.493 e. The van der Waals surface area contributed by atoms with Crippen molar-refractivity contribution < 1.29 is 9.15 Å². The lowest BCUT2D eigenvalue weighted by atomic mass is 9.95. The van der Waals surface area contributed by atoms with Crippen LogP contribution in [0, 0.1) is 6.92 Å². The molecular weight excluding hydrogens is 294 g/mol. The minimum Gasteiger partial charge on any atom is -0.493 e. The molecule has 2 N–H and O–H groups in total. The lowest BCUT2D eigenvalue weighted by molar-refractivity contribution is 0.407. The average molecular weight is 312 g/mol. The molecule has 0 atom stereocenters. The van der Waals surface area contributed by atoms with Crippen LogP contribution < -0.4 is 10.5 Å². The van der Waals surface area contributed by atoms with Crippen LogP contribution in [-0.2, 0) is 6.42 Å². The predicted molar refractivity (Wildman–Crippen MR) is 77.2 cm³/mol. The third kappa shape index (κ3) is 2.54. The maximum absolute atomic E-state index is 6.09. The number of rotatable bonds is 3. The molecule has 0 fully saturated rings. The smallest absolute Gasteiger partial charge is 0.177 e. The van der Waals surface area contributed by atoms with E-state index in [2.05, 4.69) is 15.9 Å². The molecular formula is C14H18BrNO2. The Morgan fingerprint density at radius 1 is 1.39 bits per heavy atom. The van der Waals surface area contributed by atoms with Crippen molar-refractivity contribution in [2.75, 3.05) is 7.11 Å². The Hall–Kier alpha value is -1.00. The third-order valence-corrected chi connectivity index (χ3v) is 3.71. The van der Waals surface area contributed by atoms with Crippen LogP contribution in [0.2, 0.25) is 0 Å². The van der Waals surface area contributed by atoms with Gasteiger partial charge >= 0.3 is 0 Å². The Balaban J connectivity index is 2.64. The highest BCUT2D eigenvalue weighted by Crippen LogP contribution is 2.38. The standard InChI is InChI=1S/C14H18BrNO2/c1-8-5-10-12(15)9(7-14(2,3)16)6-11(17-4)13(10)18-8/h5-6H,7,16H2,1-4H3. The summed E-state index contributed by atoms with van der Waals surface area (Å²) in [6.45, 7) is 5.95. The molecule has 98 valence electrons. The van der Waals surface area contributed by atoms with E-state index < -0.39 is 0 Å². The molecule has 3 nitrogen and oxygen atoms in total. The molecule has 0 bridgehead atoms. The Labute approximate surface area is 115 Å². The first-order valence-corrected chi connectivity index (χ1v) is 6.65. The Morgan fingerprint density at radius 3 is 2.61 bits per heavy atom. The van der Waals surface area contributed by atoms with Crippen molar-refractivity contribution in [2.45, 2.75) is 32.7 Å². The van der Waals surface area contributed by atoms with Crippen LogP contribution in [0.3, 0.4) is 0 Å². The number of hydrogen-bond acceptors (Lipinski definition) is 3. The fraction of sp³-hybridized carbons (Fsp3) is 0.429. The SMILES string of the molecule is COc1cc(CC(C)(C)N)c(Br)c2cc(C)oc12. The number of benzene rings is 1. The van der Waals surface area contributed by atoms with Crippen molar-refractivity contribution >= 4 is 26.9 Å². The van der Waals surface area contributed by atoms with Gasteiger partial charge in [0, 0.05) is 15.4 Å². The number of methoxy groups -OCH3 is 1. The number of nitrogens with two attached hydrogens (primary N) is 1. The van der Waals surface area contributed by atoms with Crippen molar-refractivity contribution in [3.8, 4) is 5.75 Å². The van der Waals surface area contributed by atoms with E-state index in [1.54, 1.807) is 7.11 Å². The minimum atomic E-state index is -0.264. The number of fused-ring (bicyclic) bond motifs is 1. The van der Waals surface area contributed by atoms with Gasteiger partial charge in [0.2, 0.25) is 0 Å². The number of furan rings is 1. The number of halogens is 1. The second kappa shape index (κ2) is 4.59. The molecule has 0 radical (unpaired) electrons. The maximum atomic E-state index is 6.09. The lowest BCUT2D eigenvalue weighted by Gasteiger charge is -2.20. The third-order valence-electron chi connectivity index (χ3n) is 2.77. The van der Waals surface area contributed by atoms with Crippen molar-refractivity contribution in [2.24, 2.45) is 5.73 Å². The molecule has 0 aliphatic carbocycles. The van der Waals surface area contributed by atoms with Crippen LogP contribution in [0.15, 0.2) is 21.0 Å². The summed E-state index contributed by atoms with van der Waals surface area (Å²) in [6, 6.07) is 4.00. The average Bonchev–Trinajstić information content (AvgIpc) is 2.63. The Bertz CT molecular complexity index is 581. The summed E-state index contributed by atoms with van der Waals surface area (Å²) < 4.78 is 12.1. The van der Waals surface area contributed by atoms with E-state index in [0.717, 1.165) is 38.9 Å². The molecule has 2 aromatic rings. The molecule has 0 aliphatic heterocycles. The van der Waals surface area contributed by atoms with Crippen LogP contribution in [0.25, 0.3) is 11.0 Å². The topological polar surface area (TPSA) is 48.4 Å². The molecule has 1 aromatic heterocycles. The molecule has 0 unspecified atom stereocenters. The quantitative estimate of drug-likeness (QED) is 0.938. The van der Waals surface area contributed by atoms with Gasteiger partial charge in [-0.2, -0.15) is 0 Å². The van der Waals surface area contributed by atoms with Crippen LogP contribution >= 0.6 is 15.9 Å². The van der Waals surface area contributed by atoms with E-state index in [9.17, 15) is 0 Å². The van der Waals surface area contributed by atoms with Gasteiger partial charge in [0.1, 0.15) is 5.76 Å². The molecule has 0 saturated heterocycles. The molecule has 0 aliphatic rings. The van der Waals surface area contributed by atoms with E-state index in [-0.39, 0.29) is 5.54 Å². The lowest BCUT2D eigenvalue weighted by Crippen LogP contribution is -2.34. The summed E-state index contributed by atoms with van der Waals surface area (Å²) in [5.41, 5.74) is 7.74. The van der Waals surface area contributed by atoms with Gasteiger partial charge in [-0.1, -0.05) is 0 Å². The molecule has 4 heteroatoms. The minimum absolute atomic E-state index is 0.264. The van der Waals surface area contributed by atoms with Gasteiger partial charge in [0.15, 0.2) is 11.3 Å². The van der Waals surface area contributed by atoms with Crippen molar-refractivity contribution in [1.82, 2.24) is 0 Å². The van der Waals surface area contributed by atoms with Gasteiger partial charge < -0.3 is 14.9 Å². The van der Waals surface area contributed by atoms with E-state index in [1.165, 1.54) is 0 Å². The summed E-state index contributed by atoms with van der Waals surface area (Å²) in [6.07, 6.45) is 0.768. The van der Waals surface area contributed by atoms with Crippen LogP contribution in [-0.4, -0.2) is 12.6 Å². The van der Waals surface area contributed by atoms with Gasteiger partial charge in [-0.05, 0) is 60.8 Å². The van der Waals surface area contributed by atoms with E-state index in [4.69, 9.17) is 14.9 Å². The van der Waals surface area contributed by atoms with Gasteiger partial charge in [0.25, 0.3) is 0 Å². The predicted octanol–water partition coefficient (Wildman–Crippen LogP) is 3.79. The second-order valence-electron chi connectivity index (χ2n) is 5.32. The molecule has 0 spiro atoms. The zero-order chi connectivity index (χ0) is 13.5. The number of ether oxygens (including phenoxy) is 1. The molecule has 18 heavy (non-hydrogen) atoms. The number of aryl methyl sites for hydroxylation is 1. The van der Waals surface area contributed by atoms with Crippen LogP contribution in [0.5, 0.6) is 5.75 Å². The normalized spacial score (nSPS) is 12.1. The highest BCUT2D eigenvalue weighted by molar-refractivity contribution is 9.10. The molecule has 2 rings (SSSR count). The first kappa shape index (κ1) is 13.4. The van der Waals surface area contributed by atoms with E-state index in [1.807, 2.05) is 32.9 Å². The van der Waals surface area contributed by atoms with Crippen LogP contribution in [0.1, 0.15) is 25.2 Å². The highest BCUT2D eigenvalue weighted by Gasteiger charge is 2.19. The monoisotopic (exact) mass is 311 g/mol. The zero-order valence-electron chi connectivity index (χ0n) is 11.1. The van der Waals surface area contributed by atoms with E-state index >= 15 is 0 Å². The summed E-state index contributed by atoms with van der Waals surface area (Å²) in [4.78, 5) is 0. The molecule has 1 aromatic carbocycles. The van der Waals surface area contributed by atoms with Crippen molar-refractivity contribution in [3.63, 3.8) is 0 Å².